The standard InChI is InChI=1S/C15H21NO3/c1-2-10-19-14-5-3-4-12(11-14)15(18)16-8-6-13(17)7-9-16/h3-5,11,13,17H,2,6-10H2,1H3. The molecule has 0 radical (unpaired) electrons. The van der Waals surface area contributed by atoms with E-state index in [9.17, 15) is 9.90 Å². The Morgan fingerprint density at radius 3 is 2.84 bits per heavy atom. The van der Waals surface area contributed by atoms with Crippen LogP contribution < -0.4 is 4.74 Å². The predicted molar refractivity (Wildman–Crippen MR) is 73.4 cm³/mol. The average Bonchev–Trinajstić information content (AvgIpc) is 2.45. The monoisotopic (exact) mass is 263 g/mol. The Morgan fingerprint density at radius 1 is 1.42 bits per heavy atom. The number of benzene rings is 1. The van der Waals surface area contributed by atoms with E-state index in [1.165, 1.54) is 0 Å². The summed E-state index contributed by atoms with van der Waals surface area (Å²) in [5.74, 6) is 0.763. The molecule has 0 aliphatic carbocycles. The van der Waals surface area contributed by atoms with E-state index in [2.05, 4.69) is 0 Å². The number of piperidine rings is 1. The first-order chi connectivity index (χ1) is 9.20. The Hall–Kier alpha value is -1.55. The quantitative estimate of drug-likeness (QED) is 0.904. The molecule has 1 aromatic carbocycles. The van der Waals surface area contributed by atoms with Crippen molar-refractivity contribution in [2.45, 2.75) is 32.3 Å². The summed E-state index contributed by atoms with van der Waals surface area (Å²) in [6.07, 6.45) is 2.01. The van der Waals surface area contributed by atoms with Crippen molar-refractivity contribution < 1.29 is 14.6 Å². The molecule has 0 unspecified atom stereocenters. The minimum absolute atomic E-state index is 0.0221. The molecule has 4 nitrogen and oxygen atoms in total. The molecule has 1 aliphatic heterocycles. The molecule has 4 heteroatoms. The van der Waals surface area contributed by atoms with Crippen LogP contribution in [0.2, 0.25) is 0 Å². The maximum Gasteiger partial charge on any atom is 0.253 e. The van der Waals surface area contributed by atoms with Gasteiger partial charge in [0.2, 0.25) is 0 Å². The molecule has 1 N–H and O–H groups in total. The molecule has 0 bridgehead atoms. The smallest absolute Gasteiger partial charge is 0.253 e. The van der Waals surface area contributed by atoms with E-state index >= 15 is 0 Å². The third kappa shape index (κ3) is 3.70. The van der Waals surface area contributed by atoms with Crippen LogP contribution in [0.3, 0.4) is 0 Å². The highest BCUT2D eigenvalue weighted by atomic mass is 16.5. The van der Waals surface area contributed by atoms with Gasteiger partial charge in [-0.25, -0.2) is 0 Å². The van der Waals surface area contributed by atoms with Gasteiger partial charge in [-0.1, -0.05) is 13.0 Å². The van der Waals surface area contributed by atoms with Crippen LogP contribution in [0.1, 0.15) is 36.5 Å². The lowest BCUT2D eigenvalue weighted by atomic mass is 10.1. The van der Waals surface area contributed by atoms with Gasteiger partial charge in [0.25, 0.3) is 5.91 Å². The number of nitrogens with zero attached hydrogens (tertiary/aromatic N) is 1. The Kier molecular flexibility index (Phi) is 4.80. The first kappa shape index (κ1) is 13.9. The fourth-order valence-electron chi connectivity index (χ4n) is 2.19. The third-order valence-electron chi connectivity index (χ3n) is 3.31. The SMILES string of the molecule is CCCOc1cccc(C(=O)N2CCC(O)CC2)c1. The van der Waals surface area contributed by atoms with Gasteiger partial charge in [-0.2, -0.15) is 0 Å². The maximum atomic E-state index is 12.3. The number of hydrogen-bond acceptors (Lipinski definition) is 3. The van der Waals surface area contributed by atoms with Crippen LogP contribution in [0, 0.1) is 0 Å². The summed E-state index contributed by atoms with van der Waals surface area (Å²) in [5, 5.41) is 9.46. The molecule has 19 heavy (non-hydrogen) atoms. The Balaban J connectivity index is 2.02. The van der Waals surface area contributed by atoms with Crippen LogP contribution in [0.15, 0.2) is 24.3 Å². The molecule has 0 aromatic heterocycles. The number of amides is 1. The number of rotatable bonds is 4. The summed E-state index contributed by atoms with van der Waals surface area (Å²) in [4.78, 5) is 14.1. The molecule has 2 rings (SSSR count). The Bertz CT molecular complexity index is 425. The predicted octanol–water partition coefficient (Wildman–Crippen LogP) is 2.07. The van der Waals surface area contributed by atoms with Gasteiger partial charge in [0.05, 0.1) is 12.7 Å². The largest absolute Gasteiger partial charge is 0.494 e. The summed E-state index contributed by atoms with van der Waals surface area (Å²) in [6.45, 7) is 3.96. The average molecular weight is 263 g/mol. The van der Waals surface area contributed by atoms with Gasteiger partial charge in [0, 0.05) is 18.7 Å². The zero-order valence-corrected chi connectivity index (χ0v) is 11.3. The van der Waals surface area contributed by atoms with Crippen molar-refractivity contribution in [1.29, 1.82) is 0 Å². The minimum atomic E-state index is -0.261. The summed E-state index contributed by atoms with van der Waals surface area (Å²) in [5.41, 5.74) is 0.657. The number of likely N-dealkylation sites (tertiary alicyclic amines) is 1. The third-order valence-corrected chi connectivity index (χ3v) is 3.31. The topological polar surface area (TPSA) is 49.8 Å². The van der Waals surface area contributed by atoms with Crippen molar-refractivity contribution in [3.8, 4) is 5.75 Å². The fraction of sp³-hybridized carbons (Fsp3) is 0.533. The molecule has 0 saturated carbocycles. The molecule has 0 spiro atoms. The Labute approximate surface area is 114 Å². The molecule has 1 aromatic rings. The van der Waals surface area contributed by atoms with Gasteiger partial charge in [0.1, 0.15) is 5.75 Å². The molecule has 0 atom stereocenters. The number of hydrogen-bond donors (Lipinski definition) is 1. The highest BCUT2D eigenvalue weighted by Gasteiger charge is 2.22. The van der Waals surface area contributed by atoms with Crippen LogP contribution in [-0.4, -0.2) is 41.7 Å². The number of carbonyl (C=O) groups is 1. The Morgan fingerprint density at radius 2 is 2.16 bits per heavy atom. The lowest BCUT2D eigenvalue weighted by molar-refractivity contribution is 0.0546. The fourth-order valence-corrected chi connectivity index (χ4v) is 2.19. The molecule has 1 saturated heterocycles. The van der Waals surface area contributed by atoms with Gasteiger partial charge in [-0.05, 0) is 37.5 Å². The highest BCUT2D eigenvalue weighted by Crippen LogP contribution is 2.18. The molecule has 1 aliphatic rings. The molecule has 1 fully saturated rings. The van der Waals surface area contributed by atoms with E-state index in [4.69, 9.17) is 4.74 Å². The van der Waals surface area contributed by atoms with E-state index < -0.39 is 0 Å². The highest BCUT2D eigenvalue weighted by molar-refractivity contribution is 5.94. The van der Waals surface area contributed by atoms with Crippen LogP contribution in [0.4, 0.5) is 0 Å². The van der Waals surface area contributed by atoms with Gasteiger partial charge < -0.3 is 14.7 Å². The molecule has 1 amide bonds. The number of aliphatic hydroxyl groups is 1. The summed E-state index contributed by atoms with van der Waals surface area (Å²) >= 11 is 0. The second-order valence-corrected chi connectivity index (χ2v) is 4.90. The summed E-state index contributed by atoms with van der Waals surface area (Å²) in [7, 11) is 0. The van der Waals surface area contributed by atoms with Crippen LogP contribution >= 0.6 is 0 Å². The van der Waals surface area contributed by atoms with E-state index in [0.717, 1.165) is 12.2 Å². The summed E-state index contributed by atoms with van der Waals surface area (Å²) in [6, 6.07) is 7.32. The zero-order chi connectivity index (χ0) is 13.7. The van der Waals surface area contributed by atoms with Crippen molar-refractivity contribution >= 4 is 5.91 Å². The first-order valence-corrected chi connectivity index (χ1v) is 6.91. The van der Waals surface area contributed by atoms with Crippen LogP contribution in [0.5, 0.6) is 5.75 Å². The normalized spacial score (nSPS) is 16.4. The number of aliphatic hydroxyl groups excluding tert-OH is 1. The van der Waals surface area contributed by atoms with Crippen molar-refractivity contribution in [1.82, 2.24) is 4.90 Å². The van der Waals surface area contributed by atoms with Gasteiger partial charge in [-0.3, -0.25) is 4.79 Å². The number of carbonyl (C=O) groups excluding carboxylic acids is 1. The van der Waals surface area contributed by atoms with Gasteiger partial charge in [0.15, 0.2) is 0 Å². The molecule has 1 heterocycles. The van der Waals surface area contributed by atoms with Crippen molar-refractivity contribution in [2.24, 2.45) is 0 Å². The molecular weight excluding hydrogens is 242 g/mol. The second kappa shape index (κ2) is 6.57. The molecular formula is C15H21NO3. The van der Waals surface area contributed by atoms with Crippen molar-refractivity contribution in [3.05, 3.63) is 29.8 Å². The van der Waals surface area contributed by atoms with Crippen LogP contribution in [-0.2, 0) is 0 Å². The lowest BCUT2D eigenvalue weighted by Gasteiger charge is -2.29. The van der Waals surface area contributed by atoms with E-state index in [-0.39, 0.29) is 12.0 Å². The second-order valence-electron chi connectivity index (χ2n) is 4.90. The number of ether oxygens (including phenoxy) is 1. The van der Waals surface area contributed by atoms with Crippen molar-refractivity contribution in [3.63, 3.8) is 0 Å². The lowest BCUT2D eigenvalue weighted by Crippen LogP contribution is -2.40. The van der Waals surface area contributed by atoms with Gasteiger partial charge in [-0.15, -0.1) is 0 Å². The minimum Gasteiger partial charge on any atom is -0.494 e. The van der Waals surface area contributed by atoms with E-state index in [0.29, 0.717) is 38.1 Å². The first-order valence-electron chi connectivity index (χ1n) is 6.91. The van der Waals surface area contributed by atoms with E-state index in [1.54, 1.807) is 11.0 Å². The van der Waals surface area contributed by atoms with E-state index in [1.807, 2.05) is 25.1 Å². The van der Waals surface area contributed by atoms with Gasteiger partial charge >= 0.3 is 0 Å². The van der Waals surface area contributed by atoms with Crippen molar-refractivity contribution in [2.75, 3.05) is 19.7 Å². The molecule has 104 valence electrons. The maximum absolute atomic E-state index is 12.3. The zero-order valence-electron chi connectivity index (χ0n) is 11.3. The van der Waals surface area contributed by atoms with Crippen LogP contribution in [0.25, 0.3) is 0 Å². The summed E-state index contributed by atoms with van der Waals surface area (Å²) < 4.78 is 5.54.